The number of rotatable bonds is 6. The molecular weight excluding hydrogens is 234 g/mol. The molecule has 0 spiro atoms. The van der Waals surface area contributed by atoms with Gasteiger partial charge in [-0.1, -0.05) is 6.07 Å². The first-order valence-corrected chi connectivity index (χ1v) is 5.75. The Hall–Kier alpha value is -1.75. The number of benzene rings is 1. The van der Waals surface area contributed by atoms with Crippen molar-refractivity contribution in [2.24, 2.45) is 5.73 Å². The fourth-order valence-electron chi connectivity index (χ4n) is 1.57. The van der Waals surface area contributed by atoms with Gasteiger partial charge in [0.15, 0.2) is 11.5 Å². The molecule has 5 heteroatoms. The lowest BCUT2D eigenvalue weighted by molar-refractivity contribution is -0.141. The molecule has 0 aliphatic rings. The van der Waals surface area contributed by atoms with Crippen LogP contribution < -0.4 is 15.2 Å². The molecule has 0 amide bonds. The van der Waals surface area contributed by atoms with Gasteiger partial charge in [-0.05, 0) is 24.6 Å². The van der Waals surface area contributed by atoms with Gasteiger partial charge in [0.05, 0.1) is 27.2 Å². The van der Waals surface area contributed by atoms with Gasteiger partial charge >= 0.3 is 5.97 Å². The molecule has 1 atom stereocenters. The Labute approximate surface area is 107 Å². The summed E-state index contributed by atoms with van der Waals surface area (Å²) in [6, 6.07) is 4.96. The highest BCUT2D eigenvalue weighted by Gasteiger charge is 2.14. The zero-order valence-corrected chi connectivity index (χ0v) is 10.9. The number of carbonyl (C=O) groups is 1. The van der Waals surface area contributed by atoms with Crippen molar-refractivity contribution < 1.29 is 19.0 Å². The van der Waals surface area contributed by atoms with Crippen LogP contribution in [0, 0.1) is 0 Å². The second kappa shape index (κ2) is 6.86. The van der Waals surface area contributed by atoms with E-state index >= 15 is 0 Å². The minimum atomic E-state index is -0.414. The van der Waals surface area contributed by atoms with Crippen molar-refractivity contribution >= 4 is 5.97 Å². The van der Waals surface area contributed by atoms with Crippen molar-refractivity contribution in [1.29, 1.82) is 0 Å². The average molecular weight is 253 g/mol. The molecule has 0 fully saturated rings. The second-order valence-electron chi connectivity index (χ2n) is 3.73. The van der Waals surface area contributed by atoms with Crippen molar-refractivity contribution in [2.75, 3.05) is 20.8 Å². The van der Waals surface area contributed by atoms with Gasteiger partial charge in [-0.15, -0.1) is 0 Å². The predicted octanol–water partition coefficient (Wildman–Crippen LogP) is 1.66. The van der Waals surface area contributed by atoms with Gasteiger partial charge in [0.25, 0.3) is 0 Å². The summed E-state index contributed by atoms with van der Waals surface area (Å²) >= 11 is 0. The maximum absolute atomic E-state index is 11.2. The van der Waals surface area contributed by atoms with Crippen molar-refractivity contribution in [3.05, 3.63) is 23.8 Å². The number of esters is 1. The topological polar surface area (TPSA) is 70.8 Å². The van der Waals surface area contributed by atoms with Gasteiger partial charge in [0.1, 0.15) is 0 Å². The third-order valence-corrected chi connectivity index (χ3v) is 2.53. The summed E-state index contributed by atoms with van der Waals surface area (Å²) in [5.41, 5.74) is 6.74. The molecule has 1 aromatic rings. The molecule has 1 rings (SSSR count). The number of ether oxygens (including phenoxy) is 3. The molecule has 0 bridgehead atoms. The molecule has 0 unspecified atom stereocenters. The fourth-order valence-corrected chi connectivity index (χ4v) is 1.57. The molecule has 0 aliphatic heterocycles. The summed E-state index contributed by atoms with van der Waals surface area (Å²) in [7, 11) is 2.92. The molecule has 0 saturated heterocycles. The molecular formula is C13H19NO4. The number of carbonyl (C=O) groups excluding carboxylic acids is 1. The first-order chi connectivity index (χ1) is 8.62. The number of nitrogens with two attached hydrogens (primary N) is 1. The summed E-state index contributed by atoms with van der Waals surface area (Å²) in [4.78, 5) is 11.2. The van der Waals surface area contributed by atoms with Gasteiger partial charge in [0.2, 0.25) is 0 Å². The first-order valence-electron chi connectivity index (χ1n) is 5.75. The van der Waals surface area contributed by atoms with Crippen LogP contribution in [0.1, 0.15) is 24.9 Å². The highest BCUT2D eigenvalue weighted by atomic mass is 16.5. The number of methoxy groups -OCH3 is 2. The minimum absolute atomic E-state index is 0.133. The Morgan fingerprint density at radius 2 is 2.06 bits per heavy atom. The van der Waals surface area contributed by atoms with Gasteiger partial charge in [-0.25, -0.2) is 0 Å². The molecule has 100 valence electrons. The van der Waals surface area contributed by atoms with Crippen LogP contribution in [0.2, 0.25) is 0 Å². The van der Waals surface area contributed by atoms with Crippen molar-refractivity contribution in [3.63, 3.8) is 0 Å². The Kier molecular flexibility index (Phi) is 5.45. The standard InChI is InChI=1S/C13H19NO4/c1-4-18-12-7-9(5-6-11(12)16-2)10(14)8-13(15)17-3/h5-7,10H,4,8,14H2,1-3H3/t10-/m1/s1. The highest BCUT2D eigenvalue weighted by molar-refractivity contribution is 5.70. The van der Waals surface area contributed by atoms with Crippen LogP contribution in [0.4, 0.5) is 0 Å². The van der Waals surface area contributed by atoms with E-state index in [0.29, 0.717) is 18.1 Å². The van der Waals surface area contributed by atoms with E-state index in [2.05, 4.69) is 4.74 Å². The summed E-state index contributed by atoms with van der Waals surface area (Å²) < 4.78 is 15.2. The Morgan fingerprint density at radius 3 is 2.61 bits per heavy atom. The van der Waals surface area contributed by atoms with E-state index in [9.17, 15) is 4.79 Å². The molecule has 0 heterocycles. The molecule has 1 aromatic carbocycles. The van der Waals surface area contributed by atoms with Crippen molar-refractivity contribution in [3.8, 4) is 11.5 Å². The average Bonchev–Trinajstić information content (AvgIpc) is 2.38. The van der Waals surface area contributed by atoms with Crippen LogP contribution in [0.15, 0.2) is 18.2 Å². The maximum atomic E-state index is 11.2. The largest absolute Gasteiger partial charge is 0.493 e. The highest BCUT2D eigenvalue weighted by Crippen LogP contribution is 2.30. The zero-order valence-electron chi connectivity index (χ0n) is 10.9. The number of hydrogen-bond donors (Lipinski definition) is 1. The van der Waals surface area contributed by atoms with Gasteiger partial charge in [-0.2, -0.15) is 0 Å². The molecule has 18 heavy (non-hydrogen) atoms. The SMILES string of the molecule is CCOc1cc([C@H](N)CC(=O)OC)ccc1OC. The van der Waals surface area contributed by atoms with E-state index in [4.69, 9.17) is 15.2 Å². The van der Waals surface area contributed by atoms with Gasteiger partial charge in [0, 0.05) is 6.04 Å². The van der Waals surface area contributed by atoms with E-state index in [-0.39, 0.29) is 12.4 Å². The molecule has 0 aliphatic carbocycles. The summed E-state index contributed by atoms with van der Waals surface area (Å²) in [6.45, 7) is 2.42. The van der Waals surface area contributed by atoms with Gasteiger partial charge < -0.3 is 19.9 Å². The van der Waals surface area contributed by atoms with Crippen molar-refractivity contribution in [1.82, 2.24) is 0 Å². The van der Waals surface area contributed by atoms with E-state index in [1.54, 1.807) is 19.2 Å². The Bertz CT molecular complexity index is 406. The zero-order chi connectivity index (χ0) is 13.5. The van der Waals surface area contributed by atoms with Gasteiger partial charge in [-0.3, -0.25) is 4.79 Å². The lowest BCUT2D eigenvalue weighted by Gasteiger charge is -2.14. The maximum Gasteiger partial charge on any atom is 0.307 e. The number of hydrogen-bond acceptors (Lipinski definition) is 5. The molecule has 0 saturated carbocycles. The Morgan fingerprint density at radius 1 is 1.33 bits per heavy atom. The first kappa shape index (κ1) is 14.3. The third-order valence-electron chi connectivity index (χ3n) is 2.53. The van der Waals surface area contributed by atoms with Crippen molar-refractivity contribution in [2.45, 2.75) is 19.4 Å². The van der Waals surface area contributed by atoms with Crippen LogP contribution in [-0.2, 0) is 9.53 Å². The predicted molar refractivity (Wildman–Crippen MR) is 67.7 cm³/mol. The van der Waals surface area contributed by atoms with Crippen LogP contribution >= 0.6 is 0 Å². The summed E-state index contributed by atoms with van der Waals surface area (Å²) in [5, 5.41) is 0. The minimum Gasteiger partial charge on any atom is -0.493 e. The lowest BCUT2D eigenvalue weighted by atomic mass is 10.0. The van der Waals surface area contributed by atoms with E-state index in [1.165, 1.54) is 7.11 Å². The quantitative estimate of drug-likeness (QED) is 0.781. The van der Waals surface area contributed by atoms with E-state index in [0.717, 1.165) is 5.56 Å². The van der Waals surface area contributed by atoms with E-state index < -0.39 is 6.04 Å². The smallest absolute Gasteiger partial charge is 0.307 e. The Balaban J connectivity index is 2.89. The third kappa shape index (κ3) is 3.63. The van der Waals surface area contributed by atoms with Crippen LogP contribution in [0.5, 0.6) is 11.5 Å². The molecule has 0 aromatic heterocycles. The molecule has 2 N–H and O–H groups in total. The fraction of sp³-hybridized carbons (Fsp3) is 0.462. The van der Waals surface area contributed by atoms with Crippen LogP contribution in [-0.4, -0.2) is 26.8 Å². The lowest BCUT2D eigenvalue weighted by Crippen LogP contribution is -2.16. The molecule has 0 radical (unpaired) electrons. The summed E-state index contributed by atoms with van der Waals surface area (Å²) in [5.74, 6) is 0.931. The normalized spacial score (nSPS) is 11.8. The van der Waals surface area contributed by atoms with E-state index in [1.807, 2.05) is 13.0 Å². The monoisotopic (exact) mass is 253 g/mol. The summed E-state index contributed by atoms with van der Waals surface area (Å²) in [6.07, 6.45) is 0.133. The molecule has 5 nitrogen and oxygen atoms in total. The second-order valence-corrected chi connectivity index (χ2v) is 3.73. The van der Waals surface area contributed by atoms with Crippen LogP contribution in [0.3, 0.4) is 0 Å². The van der Waals surface area contributed by atoms with Crippen LogP contribution in [0.25, 0.3) is 0 Å².